The maximum atomic E-state index is 13.2. The van der Waals surface area contributed by atoms with E-state index >= 15 is 0 Å². The van der Waals surface area contributed by atoms with Crippen molar-refractivity contribution in [1.82, 2.24) is 20.4 Å². The molecule has 7 heteroatoms. The Morgan fingerprint density at radius 1 is 1.33 bits per heavy atom. The average Bonchev–Trinajstić information content (AvgIpc) is 3.11. The number of likely N-dealkylation sites (N-methyl/N-ethyl adjacent to an activating group) is 1. The van der Waals surface area contributed by atoms with Crippen LogP contribution in [0.2, 0.25) is 0 Å². The quantitative estimate of drug-likeness (QED) is 0.564. The standard InChI is InChI=1S/C20H32FN5O/c1-5-19(27)26-12-11-17(14-26)24-20(22-6-2)23-13-18(25(3)4)15-7-9-16(21)10-8-15/h7-10,17-18H,5-6,11-14H2,1-4H3,(H2,22,23,24). The molecule has 1 aromatic carbocycles. The maximum Gasteiger partial charge on any atom is 0.222 e. The van der Waals surface area contributed by atoms with Crippen LogP contribution in [0.15, 0.2) is 29.3 Å². The Morgan fingerprint density at radius 2 is 2.04 bits per heavy atom. The monoisotopic (exact) mass is 377 g/mol. The first-order valence-corrected chi connectivity index (χ1v) is 9.69. The number of nitrogens with zero attached hydrogens (tertiary/aromatic N) is 3. The Hall–Kier alpha value is -2.15. The summed E-state index contributed by atoms with van der Waals surface area (Å²) in [7, 11) is 3.99. The highest BCUT2D eigenvalue weighted by atomic mass is 19.1. The fourth-order valence-corrected chi connectivity index (χ4v) is 3.27. The number of carbonyl (C=O) groups excluding carboxylic acids is 1. The van der Waals surface area contributed by atoms with E-state index < -0.39 is 0 Å². The second-order valence-corrected chi connectivity index (χ2v) is 7.07. The number of hydrogen-bond donors (Lipinski definition) is 2. The van der Waals surface area contributed by atoms with Gasteiger partial charge in [-0.15, -0.1) is 0 Å². The fraction of sp³-hybridized carbons (Fsp3) is 0.600. The van der Waals surface area contributed by atoms with Crippen LogP contribution in [0.3, 0.4) is 0 Å². The second kappa shape index (κ2) is 10.3. The number of carbonyl (C=O) groups is 1. The first kappa shape index (κ1) is 21.2. The minimum atomic E-state index is -0.234. The van der Waals surface area contributed by atoms with Crippen LogP contribution in [0.5, 0.6) is 0 Å². The first-order chi connectivity index (χ1) is 12.9. The van der Waals surface area contributed by atoms with Crippen LogP contribution in [0.4, 0.5) is 4.39 Å². The normalized spacial score (nSPS) is 18.7. The Kier molecular flexibility index (Phi) is 8.03. The van der Waals surface area contributed by atoms with Crippen LogP contribution in [-0.2, 0) is 4.79 Å². The minimum Gasteiger partial charge on any atom is -0.357 e. The van der Waals surface area contributed by atoms with Gasteiger partial charge in [0.15, 0.2) is 5.96 Å². The van der Waals surface area contributed by atoms with Crippen molar-refractivity contribution in [3.05, 3.63) is 35.6 Å². The van der Waals surface area contributed by atoms with Gasteiger partial charge < -0.3 is 20.4 Å². The number of guanidine groups is 1. The topological polar surface area (TPSA) is 60.0 Å². The van der Waals surface area contributed by atoms with Crippen molar-refractivity contribution in [3.63, 3.8) is 0 Å². The fourth-order valence-electron chi connectivity index (χ4n) is 3.27. The van der Waals surface area contributed by atoms with Gasteiger partial charge >= 0.3 is 0 Å². The summed E-state index contributed by atoms with van der Waals surface area (Å²) in [5.74, 6) is 0.717. The van der Waals surface area contributed by atoms with Crippen LogP contribution in [0.25, 0.3) is 0 Å². The molecule has 2 N–H and O–H groups in total. The zero-order valence-corrected chi connectivity index (χ0v) is 16.8. The molecule has 0 aromatic heterocycles. The summed E-state index contributed by atoms with van der Waals surface area (Å²) in [6.45, 7) is 6.75. The highest BCUT2D eigenvalue weighted by Crippen LogP contribution is 2.19. The van der Waals surface area contributed by atoms with Gasteiger partial charge in [0.2, 0.25) is 5.91 Å². The lowest BCUT2D eigenvalue weighted by Gasteiger charge is -2.24. The van der Waals surface area contributed by atoms with E-state index in [1.54, 1.807) is 12.1 Å². The predicted molar refractivity (Wildman–Crippen MR) is 107 cm³/mol. The van der Waals surface area contributed by atoms with Crippen LogP contribution < -0.4 is 10.6 Å². The van der Waals surface area contributed by atoms with Gasteiger partial charge in [-0.25, -0.2) is 4.39 Å². The van der Waals surface area contributed by atoms with Gasteiger partial charge in [0, 0.05) is 32.1 Å². The van der Waals surface area contributed by atoms with E-state index in [9.17, 15) is 9.18 Å². The molecule has 0 saturated carbocycles. The van der Waals surface area contributed by atoms with Crippen molar-refractivity contribution in [2.24, 2.45) is 4.99 Å². The molecule has 2 unspecified atom stereocenters. The molecular weight excluding hydrogens is 345 g/mol. The SMILES string of the molecule is CCNC(=NCC(c1ccc(F)cc1)N(C)C)NC1CCN(C(=O)CC)C1. The first-order valence-electron chi connectivity index (χ1n) is 9.69. The summed E-state index contributed by atoms with van der Waals surface area (Å²) in [5.41, 5.74) is 1.03. The van der Waals surface area contributed by atoms with E-state index in [1.807, 2.05) is 32.8 Å². The molecule has 1 heterocycles. The van der Waals surface area contributed by atoms with E-state index in [2.05, 4.69) is 15.5 Å². The Bertz CT molecular complexity index is 632. The summed E-state index contributed by atoms with van der Waals surface area (Å²) >= 11 is 0. The number of aliphatic imine (C=N–C) groups is 1. The molecule has 0 spiro atoms. The molecule has 0 bridgehead atoms. The molecule has 27 heavy (non-hydrogen) atoms. The van der Waals surface area contributed by atoms with Crippen LogP contribution in [0, 0.1) is 5.82 Å². The second-order valence-electron chi connectivity index (χ2n) is 7.07. The molecule has 2 rings (SSSR count). The molecule has 1 aliphatic rings. The minimum absolute atomic E-state index is 0.0581. The molecular formula is C20H32FN5O. The smallest absolute Gasteiger partial charge is 0.222 e. The van der Waals surface area contributed by atoms with Gasteiger partial charge in [-0.2, -0.15) is 0 Å². The van der Waals surface area contributed by atoms with Crippen LogP contribution >= 0.6 is 0 Å². The molecule has 1 aromatic rings. The third kappa shape index (κ3) is 6.20. The van der Waals surface area contributed by atoms with Crippen LogP contribution in [0.1, 0.15) is 38.3 Å². The van der Waals surface area contributed by atoms with Crippen molar-refractivity contribution in [1.29, 1.82) is 0 Å². The zero-order valence-electron chi connectivity index (χ0n) is 16.8. The van der Waals surface area contributed by atoms with E-state index in [-0.39, 0.29) is 23.8 Å². The predicted octanol–water partition coefficient (Wildman–Crippen LogP) is 1.99. The highest BCUT2D eigenvalue weighted by molar-refractivity contribution is 5.80. The lowest BCUT2D eigenvalue weighted by molar-refractivity contribution is -0.129. The van der Waals surface area contributed by atoms with E-state index in [0.29, 0.717) is 19.5 Å². The lowest BCUT2D eigenvalue weighted by Crippen LogP contribution is -2.45. The molecule has 1 saturated heterocycles. The van der Waals surface area contributed by atoms with Crippen LogP contribution in [-0.4, -0.2) is 68.0 Å². The van der Waals surface area contributed by atoms with Gasteiger partial charge in [-0.05, 0) is 45.1 Å². The molecule has 0 radical (unpaired) electrons. The molecule has 150 valence electrons. The summed E-state index contributed by atoms with van der Waals surface area (Å²) in [6.07, 6.45) is 1.47. The van der Waals surface area contributed by atoms with E-state index in [1.165, 1.54) is 12.1 Å². The van der Waals surface area contributed by atoms with E-state index in [0.717, 1.165) is 31.0 Å². The Morgan fingerprint density at radius 3 is 2.63 bits per heavy atom. The lowest BCUT2D eigenvalue weighted by atomic mass is 10.1. The molecule has 6 nitrogen and oxygen atoms in total. The molecule has 1 amide bonds. The number of amides is 1. The van der Waals surface area contributed by atoms with Crippen molar-refractivity contribution < 1.29 is 9.18 Å². The van der Waals surface area contributed by atoms with Gasteiger partial charge in [-0.1, -0.05) is 19.1 Å². The van der Waals surface area contributed by atoms with Gasteiger partial charge in [0.25, 0.3) is 0 Å². The van der Waals surface area contributed by atoms with Gasteiger partial charge in [0.05, 0.1) is 12.6 Å². The molecule has 2 atom stereocenters. The average molecular weight is 378 g/mol. The van der Waals surface area contributed by atoms with Crippen molar-refractivity contribution in [2.45, 2.75) is 38.8 Å². The third-order valence-corrected chi connectivity index (χ3v) is 4.83. The van der Waals surface area contributed by atoms with Crippen molar-refractivity contribution >= 4 is 11.9 Å². The summed E-state index contributed by atoms with van der Waals surface area (Å²) in [6, 6.07) is 6.85. The Balaban J connectivity index is 2.02. The van der Waals surface area contributed by atoms with E-state index in [4.69, 9.17) is 4.99 Å². The summed E-state index contributed by atoms with van der Waals surface area (Å²) in [5, 5.41) is 6.73. The highest BCUT2D eigenvalue weighted by Gasteiger charge is 2.26. The number of halogens is 1. The molecule has 0 aliphatic carbocycles. The number of rotatable bonds is 7. The number of hydrogen-bond acceptors (Lipinski definition) is 3. The van der Waals surface area contributed by atoms with Gasteiger partial charge in [0.1, 0.15) is 5.82 Å². The largest absolute Gasteiger partial charge is 0.357 e. The third-order valence-electron chi connectivity index (χ3n) is 4.83. The number of benzene rings is 1. The van der Waals surface area contributed by atoms with Crippen molar-refractivity contribution in [2.75, 3.05) is 40.3 Å². The molecule has 1 fully saturated rings. The Labute approximate surface area is 161 Å². The number of likely N-dealkylation sites (tertiary alicyclic amines) is 1. The van der Waals surface area contributed by atoms with Crippen molar-refractivity contribution in [3.8, 4) is 0 Å². The summed E-state index contributed by atoms with van der Waals surface area (Å²) in [4.78, 5) is 20.6. The number of nitrogens with one attached hydrogen (secondary N) is 2. The summed E-state index contributed by atoms with van der Waals surface area (Å²) < 4.78 is 13.2. The molecule has 1 aliphatic heterocycles. The maximum absolute atomic E-state index is 13.2. The van der Waals surface area contributed by atoms with Gasteiger partial charge in [-0.3, -0.25) is 9.79 Å². The zero-order chi connectivity index (χ0) is 19.8.